The summed E-state index contributed by atoms with van der Waals surface area (Å²) in [5.74, 6) is 4.44. The highest BCUT2D eigenvalue weighted by atomic mass is 79.9. The Hall–Kier alpha value is -2.89. The monoisotopic (exact) mass is 528 g/mol. The van der Waals surface area contributed by atoms with Crippen LogP contribution in [0.25, 0.3) is 6.08 Å². The summed E-state index contributed by atoms with van der Waals surface area (Å²) in [6.45, 7) is 4.84. The molecule has 0 unspecified atom stereocenters. The standard InChI is InChI=1S/C25H25BrN2O4S/c1-6-11-32-23-20(26)12-17(13-21(23)31-5)14-22-24(29)28(15-16(2)3)25(33-22)27-18-7-9-19(30-4)10-8-18/h1,7-10,12-14,16H,11,15H2,2-5H3/b22-14-,27-25?. The molecule has 8 heteroatoms. The number of hydrogen-bond donors (Lipinski definition) is 0. The summed E-state index contributed by atoms with van der Waals surface area (Å²) in [5, 5.41) is 0.644. The molecule has 0 radical (unpaired) electrons. The van der Waals surface area contributed by atoms with Crippen LogP contribution in [0.4, 0.5) is 5.69 Å². The van der Waals surface area contributed by atoms with Crippen molar-refractivity contribution in [3.05, 3.63) is 51.3 Å². The van der Waals surface area contributed by atoms with Gasteiger partial charge < -0.3 is 14.2 Å². The third-order valence-corrected chi connectivity index (χ3v) is 6.18. The molecule has 3 rings (SSSR count). The highest BCUT2D eigenvalue weighted by Crippen LogP contribution is 2.39. The minimum absolute atomic E-state index is 0.0799. The molecule has 172 valence electrons. The molecule has 0 bridgehead atoms. The summed E-state index contributed by atoms with van der Waals surface area (Å²) in [7, 11) is 3.18. The quantitative estimate of drug-likeness (QED) is 0.323. The molecule has 2 aromatic carbocycles. The van der Waals surface area contributed by atoms with Crippen molar-refractivity contribution in [2.24, 2.45) is 10.9 Å². The van der Waals surface area contributed by atoms with Crippen LogP contribution in [0, 0.1) is 18.3 Å². The fourth-order valence-electron chi connectivity index (χ4n) is 3.11. The molecule has 33 heavy (non-hydrogen) atoms. The lowest BCUT2D eigenvalue weighted by molar-refractivity contribution is -0.122. The van der Waals surface area contributed by atoms with Crippen molar-refractivity contribution in [1.29, 1.82) is 0 Å². The molecule has 1 saturated heterocycles. The average Bonchev–Trinajstić information content (AvgIpc) is 3.06. The van der Waals surface area contributed by atoms with Crippen molar-refractivity contribution in [3.8, 4) is 29.6 Å². The molecule has 1 aliphatic heterocycles. The van der Waals surface area contributed by atoms with Crippen LogP contribution >= 0.6 is 27.7 Å². The summed E-state index contributed by atoms with van der Waals surface area (Å²) in [5.41, 5.74) is 1.54. The van der Waals surface area contributed by atoms with Gasteiger partial charge in [-0.2, -0.15) is 0 Å². The Morgan fingerprint density at radius 2 is 1.94 bits per heavy atom. The zero-order chi connectivity index (χ0) is 24.0. The van der Waals surface area contributed by atoms with E-state index in [0.717, 1.165) is 17.0 Å². The van der Waals surface area contributed by atoms with E-state index in [4.69, 9.17) is 25.6 Å². The Labute approximate surface area is 207 Å². The fourth-order valence-corrected chi connectivity index (χ4v) is 4.70. The highest BCUT2D eigenvalue weighted by molar-refractivity contribution is 9.10. The molecule has 0 aliphatic carbocycles. The van der Waals surface area contributed by atoms with Crippen LogP contribution in [0.3, 0.4) is 0 Å². The van der Waals surface area contributed by atoms with Crippen LogP contribution in [-0.4, -0.2) is 43.3 Å². The van der Waals surface area contributed by atoms with Gasteiger partial charge in [0.1, 0.15) is 12.4 Å². The van der Waals surface area contributed by atoms with E-state index in [1.54, 1.807) is 19.1 Å². The summed E-state index contributed by atoms with van der Waals surface area (Å²) in [4.78, 5) is 20.3. The van der Waals surface area contributed by atoms with Gasteiger partial charge in [0.05, 0.1) is 29.3 Å². The topological polar surface area (TPSA) is 60.4 Å². The lowest BCUT2D eigenvalue weighted by Gasteiger charge is -2.17. The number of methoxy groups -OCH3 is 2. The maximum absolute atomic E-state index is 13.2. The Bertz CT molecular complexity index is 1120. The van der Waals surface area contributed by atoms with Crippen LogP contribution in [0.2, 0.25) is 0 Å². The lowest BCUT2D eigenvalue weighted by atomic mass is 10.1. The molecule has 0 saturated carbocycles. The second-order valence-corrected chi connectivity index (χ2v) is 9.40. The van der Waals surface area contributed by atoms with E-state index in [9.17, 15) is 4.79 Å². The SMILES string of the molecule is C#CCOc1c(Br)cc(/C=C2\SC(=Nc3ccc(OC)cc3)N(CC(C)C)C2=O)cc1OC. The van der Waals surface area contributed by atoms with E-state index in [-0.39, 0.29) is 18.4 Å². The number of ether oxygens (including phenoxy) is 3. The van der Waals surface area contributed by atoms with Crippen molar-refractivity contribution in [1.82, 2.24) is 4.90 Å². The molecule has 0 spiro atoms. The van der Waals surface area contributed by atoms with Gasteiger partial charge in [0.25, 0.3) is 5.91 Å². The van der Waals surface area contributed by atoms with Gasteiger partial charge in [-0.3, -0.25) is 9.69 Å². The normalized spacial score (nSPS) is 15.9. The number of halogens is 1. The van der Waals surface area contributed by atoms with E-state index in [0.29, 0.717) is 32.6 Å². The van der Waals surface area contributed by atoms with Crippen molar-refractivity contribution >= 4 is 50.5 Å². The van der Waals surface area contributed by atoms with E-state index in [1.165, 1.54) is 11.8 Å². The molecule has 1 aliphatic rings. The minimum Gasteiger partial charge on any atom is -0.497 e. The highest BCUT2D eigenvalue weighted by Gasteiger charge is 2.33. The number of terminal acetylenes is 1. The summed E-state index contributed by atoms with van der Waals surface area (Å²) in [6.07, 6.45) is 7.13. The van der Waals surface area contributed by atoms with E-state index < -0.39 is 0 Å². The van der Waals surface area contributed by atoms with Gasteiger partial charge in [0.2, 0.25) is 0 Å². The van der Waals surface area contributed by atoms with Crippen LogP contribution in [0.15, 0.2) is 50.8 Å². The number of nitrogens with zero attached hydrogens (tertiary/aromatic N) is 2. The van der Waals surface area contributed by atoms with Gasteiger partial charge in [0, 0.05) is 6.54 Å². The molecule has 1 amide bonds. The van der Waals surface area contributed by atoms with Crippen LogP contribution in [0.5, 0.6) is 17.2 Å². The summed E-state index contributed by atoms with van der Waals surface area (Å²) in [6, 6.07) is 11.1. The first-order chi connectivity index (χ1) is 15.9. The molecule has 1 fully saturated rings. The van der Waals surface area contributed by atoms with Gasteiger partial charge >= 0.3 is 0 Å². The van der Waals surface area contributed by atoms with E-state index in [1.807, 2.05) is 42.5 Å². The summed E-state index contributed by atoms with van der Waals surface area (Å²) < 4.78 is 16.9. The zero-order valence-corrected chi connectivity index (χ0v) is 21.3. The molecule has 6 nitrogen and oxygen atoms in total. The van der Waals surface area contributed by atoms with Crippen LogP contribution < -0.4 is 14.2 Å². The van der Waals surface area contributed by atoms with Crippen LogP contribution in [-0.2, 0) is 4.79 Å². The number of aliphatic imine (C=N–C) groups is 1. The number of hydrogen-bond acceptors (Lipinski definition) is 6. The Morgan fingerprint density at radius 3 is 2.55 bits per heavy atom. The van der Waals surface area contributed by atoms with Crippen molar-refractivity contribution in [2.45, 2.75) is 13.8 Å². The second-order valence-electron chi connectivity index (χ2n) is 7.54. The number of amidine groups is 1. The van der Waals surface area contributed by atoms with Crippen molar-refractivity contribution < 1.29 is 19.0 Å². The third-order valence-electron chi connectivity index (χ3n) is 4.58. The number of thioether (sulfide) groups is 1. The Balaban J connectivity index is 1.96. The Morgan fingerprint density at radius 1 is 1.21 bits per heavy atom. The lowest BCUT2D eigenvalue weighted by Crippen LogP contribution is -2.32. The van der Waals surface area contributed by atoms with Gasteiger partial charge in [-0.25, -0.2) is 4.99 Å². The first-order valence-corrected chi connectivity index (χ1v) is 11.8. The first kappa shape index (κ1) is 24.7. The number of rotatable bonds is 8. The molecular formula is C25H25BrN2O4S. The van der Waals surface area contributed by atoms with E-state index in [2.05, 4.69) is 35.7 Å². The number of carbonyl (C=O) groups excluding carboxylic acids is 1. The molecule has 2 aromatic rings. The number of benzene rings is 2. The molecule has 0 atom stereocenters. The fraction of sp³-hybridized carbons (Fsp3) is 0.280. The largest absolute Gasteiger partial charge is 0.497 e. The molecular weight excluding hydrogens is 504 g/mol. The van der Waals surface area contributed by atoms with Gasteiger partial charge in [0.15, 0.2) is 16.7 Å². The number of amides is 1. The van der Waals surface area contributed by atoms with E-state index >= 15 is 0 Å². The Kier molecular flexibility index (Phi) is 8.48. The predicted molar refractivity (Wildman–Crippen MR) is 137 cm³/mol. The van der Waals surface area contributed by atoms with Crippen LogP contribution in [0.1, 0.15) is 19.4 Å². The zero-order valence-electron chi connectivity index (χ0n) is 18.9. The molecule has 1 heterocycles. The summed E-state index contributed by atoms with van der Waals surface area (Å²) >= 11 is 4.86. The average molecular weight is 529 g/mol. The third kappa shape index (κ3) is 6.12. The number of carbonyl (C=O) groups is 1. The van der Waals surface area contributed by atoms with Gasteiger partial charge in [-0.1, -0.05) is 19.8 Å². The maximum atomic E-state index is 13.2. The smallest absolute Gasteiger partial charge is 0.266 e. The van der Waals surface area contributed by atoms with Gasteiger partial charge in [-0.15, -0.1) is 6.42 Å². The maximum Gasteiger partial charge on any atom is 0.266 e. The second kappa shape index (κ2) is 11.3. The predicted octanol–water partition coefficient (Wildman–Crippen LogP) is 5.74. The molecule has 0 aromatic heterocycles. The van der Waals surface area contributed by atoms with Gasteiger partial charge in [-0.05, 0) is 81.6 Å². The van der Waals surface area contributed by atoms with Crippen molar-refractivity contribution in [3.63, 3.8) is 0 Å². The van der Waals surface area contributed by atoms with Crippen molar-refractivity contribution in [2.75, 3.05) is 27.4 Å². The minimum atomic E-state index is -0.0799. The molecule has 0 N–H and O–H groups in total. The first-order valence-electron chi connectivity index (χ1n) is 10.2.